The lowest BCUT2D eigenvalue weighted by Crippen LogP contribution is -2.43. The summed E-state index contributed by atoms with van der Waals surface area (Å²) in [7, 11) is 0. The van der Waals surface area contributed by atoms with Crippen molar-refractivity contribution in [3.8, 4) is 28.1 Å². The zero-order chi connectivity index (χ0) is 32.6. The number of hydrogen-bond donors (Lipinski definition) is 7. The molecule has 0 radical (unpaired) electrons. The quantitative estimate of drug-likeness (QED) is 0.0872. The molecule has 0 fully saturated rings. The lowest BCUT2D eigenvalue weighted by atomic mass is 9.85. The van der Waals surface area contributed by atoms with E-state index in [1.54, 1.807) is 11.6 Å². The van der Waals surface area contributed by atoms with Gasteiger partial charge in [0, 0.05) is 28.7 Å². The Morgan fingerprint density at radius 2 is 1.49 bits per heavy atom. The van der Waals surface area contributed by atoms with Gasteiger partial charge >= 0.3 is 11.9 Å². The maximum Gasteiger partial charge on any atom is 0.335 e. The van der Waals surface area contributed by atoms with E-state index in [1.807, 2.05) is 69.3 Å². The average Bonchev–Trinajstić information content (AvgIpc) is 3.44. The van der Waals surface area contributed by atoms with Crippen LogP contribution in [0.15, 0.2) is 76.8 Å². The van der Waals surface area contributed by atoms with E-state index in [0.717, 1.165) is 45.3 Å². The summed E-state index contributed by atoms with van der Waals surface area (Å²) in [5.74, 6) is -1.68. The number of nitrogen functional groups attached to an aromatic ring is 2. The third kappa shape index (κ3) is 6.06. The van der Waals surface area contributed by atoms with Crippen molar-refractivity contribution in [2.45, 2.75) is 39.7 Å². The zero-order valence-corrected chi connectivity index (χ0v) is 25.2. The van der Waals surface area contributed by atoms with Gasteiger partial charge in [-0.1, -0.05) is 36.4 Å². The molecule has 4 aromatic rings. The normalized spacial score (nSPS) is 16.6. The minimum Gasteiger partial charge on any atom is -0.478 e. The highest BCUT2D eigenvalue weighted by Crippen LogP contribution is 2.31. The number of aliphatic carboxylic acids is 2. The van der Waals surface area contributed by atoms with Crippen molar-refractivity contribution in [1.82, 2.24) is 25.1 Å². The Labute approximate surface area is 258 Å². The molecule has 14 heteroatoms. The van der Waals surface area contributed by atoms with Gasteiger partial charge in [-0.15, -0.1) is 9.89 Å². The van der Waals surface area contributed by atoms with E-state index in [4.69, 9.17) is 17.2 Å². The van der Waals surface area contributed by atoms with Crippen LogP contribution in [0, 0.1) is 20.8 Å². The van der Waals surface area contributed by atoms with Crippen molar-refractivity contribution in [1.29, 1.82) is 0 Å². The molecule has 1 atom stereocenters. The monoisotopic (exact) mass is 610 g/mol. The van der Waals surface area contributed by atoms with Gasteiger partial charge in [0.2, 0.25) is 5.96 Å². The topological polar surface area (TPSA) is 225 Å². The standard InChI is InChI=1S/C31H34N10O4/c1-16-18(3)37-40(26(16)32)24-11-9-20(10-12-24)19-5-7-21(8-6-19)25-17(2)27(33)41(38-25)39-36-30(34)35-31(4)14-22(28(42)43)13-23(15-31)29(44)45/h5-14,39H,15,32-33H2,1-4H3,(H,42,43)(H,44,45)(H3,34,35,36). The first-order chi connectivity index (χ1) is 21.3. The molecule has 0 amide bonds. The largest absolute Gasteiger partial charge is 0.478 e. The van der Waals surface area contributed by atoms with Crippen molar-refractivity contribution in [2.75, 3.05) is 17.0 Å². The molecule has 5 rings (SSSR count). The van der Waals surface area contributed by atoms with E-state index >= 15 is 0 Å². The third-order valence-electron chi connectivity index (χ3n) is 7.71. The minimum atomic E-state index is -1.26. The number of carbonyl (C=O) groups is 2. The predicted octanol–water partition coefficient (Wildman–Crippen LogP) is 3.04. The molecule has 0 spiro atoms. The maximum absolute atomic E-state index is 11.5. The van der Waals surface area contributed by atoms with Crippen LogP contribution in [0.1, 0.15) is 30.2 Å². The van der Waals surface area contributed by atoms with Gasteiger partial charge in [0.05, 0.1) is 28.2 Å². The van der Waals surface area contributed by atoms with Gasteiger partial charge in [-0.2, -0.15) is 5.10 Å². The van der Waals surface area contributed by atoms with Gasteiger partial charge in [-0.25, -0.2) is 24.8 Å². The minimum absolute atomic E-state index is 0.0484. The second-order valence-corrected chi connectivity index (χ2v) is 11.0. The molecule has 1 aliphatic rings. The van der Waals surface area contributed by atoms with E-state index in [-0.39, 0.29) is 23.5 Å². The Morgan fingerprint density at radius 3 is 2.04 bits per heavy atom. The molecule has 2 heterocycles. The van der Waals surface area contributed by atoms with Crippen LogP contribution < -0.4 is 28.2 Å². The van der Waals surface area contributed by atoms with Crippen LogP contribution in [-0.4, -0.2) is 53.3 Å². The lowest BCUT2D eigenvalue weighted by Gasteiger charge is -2.26. The number of anilines is 2. The molecular weight excluding hydrogens is 576 g/mol. The van der Waals surface area contributed by atoms with E-state index in [9.17, 15) is 19.8 Å². The Hall–Kier alpha value is -6.05. The average molecular weight is 611 g/mol. The molecule has 1 aliphatic carbocycles. The summed E-state index contributed by atoms with van der Waals surface area (Å²) in [5, 5.41) is 27.9. The van der Waals surface area contributed by atoms with Gasteiger partial charge in [0.25, 0.3) is 0 Å². The van der Waals surface area contributed by atoms with Gasteiger partial charge in [0.15, 0.2) is 0 Å². The number of hydrazine groups is 1. The Kier molecular flexibility index (Phi) is 7.81. The number of rotatable bonds is 8. The molecule has 45 heavy (non-hydrogen) atoms. The number of aliphatic imine (C=N–C) groups is 1. The van der Waals surface area contributed by atoms with Crippen LogP contribution in [0.4, 0.5) is 11.6 Å². The molecule has 1 unspecified atom stereocenters. The maximum atomic E-state index is 11.5. The Bertz CT molecular complexity index is 1900. The molecule has 0 bridgehead atoms. The van der Waals surface area contributed by atoms with E-state index in [2.05, 4.69) is 26.2 Å². The summed E-state index contributed by atoms with van der Waals surface area (Å²) in [6.45, 7) is 7.30. The van der Waals surface area contributed by atoms with Gasteiger partial charge < -0.3 is 27.4 Å². The van der Waals surface area contributed by atoms with Crippen molar-refractivity contribution < 1.29 is 19.8 Å². The smallest absolute Gasteiger partial charge is 0.335 e. The van der Waals surface area contributed by atoms with Crippen molar-refractivity contribution in [3.05, 3.63) is 88.7 Å². The molecule has 10 N–H and O–H groups in total. The number of carboxylic acids is 2. The van der Waals surface area contributed by atoms with E-state index < -0.39 is 17.5 Å². The fourth-order valence-electron chi connectivity index (χ4n) is 5.10. The molecular formula is C31H34N10O4. The number of guanidine groups is 1. The lowest BCUT2D eigenvalue weighted by molar-refractivity contribution is -0.133. The number of aromatic nitrogens is 4. The third-order valence-corrected chi connectivity index (χ3v) is 7.71. The molecule has 232 valence electrons. The van der Waals surface area contributed by atoms with E-state index in [0.29, 0.717) is 17.3 Å². The van der Waals surface area contributed by atoms with E-state index in [1.165, 1.54) is 10.9 Å². The molecule has 14 nitrogen and oxygen atoms in total. The van der Waals surface area contributed by atoms with Crippen molar-refractivity contribution in [3.63, 3.8) is 0 Å². The van der Waals surface area contributed by atoms with Crippen LogP contribution in [0.3, 0.4) is 0 Å². The number of hydrogen-bond acceptors (Lipinski definition) is 8. The second-order valence-electron chi connectivity index (χ2n) is 11.0. The van der Waals surface area contributed by atoms with Crippen LogP contribution in [0.5, 0.6) is 0 Å². The second kappa shape index (κ2) is 11.6. The van der Waals surface area contributed by atoms with Crippen LogP contribution in [0.25, 0.3) is 28.1 Å². The highest BCUT2D eigenvalue weighted by Gasteiger charge is 2.32. The zero-order valence-electron chi connectivity index (χ0n) is 25.2. The molecule has 0 saturated carbocycles. The van der Waals surface area contributed by atoms with Gasteiger partial charge in [0.1, 0.15) is 11.6 Å². The van der Waals surface area contributed by atoms with Crippen LogP contribution in [0.2, 0.25) is 0 Å². The van der Waals surface area contributed by atoms with Gasteiger partial charge in [-0.3, -0.25) is 5.43 Å². The first-order valence-electron chi connectivity index (χ1n) is 13.9. The number of aryl methyl sites for hydroxylation is 1. The summed E-state index contributed by atoms with van der Waals surface area (Å²) >= 11 is 0. The summed E-state index contributed by atoms with van der Waals surface area (Å²) < 4.78 is 1.73. The number of benzene rings is 2. The Morgan fingerprint density at radius 1 is 0.889 bits per heavy atom. The van der Waals surface area contributed by atoms with Gasteiger partial charge in [-0.05, 0) is 63.1 Å². The highest BCUT2D eigenvalue weighted by atomic mass is 16.4. The molecule has 2 aromatic carbocycles. The van der Waals surface area contributed by atoms with Crippen molar-refractivity contribution in [2.24, 2.45) is 10.7 Å². The molecule has 2 aromatic heterocycles. The van der Waals surface area contributed by atoms with Crippen LogP contribution in [-0.2, 0) is 9.59 Å². The Balaban J connectivity index is 1.30. The summed E-state index contributed by atoms with van der Waals surface area (Å²) in [6.07, 6.45) is 2.42. The summed E-state index contributed by atoms with van der Waals surface area (Å²) in [5.41, 5.74) is 29.5. The number of nitrogens with zero attached hydrogens (tertiary/aromatic N) is 5. The first kappa shape index (κ1) is 30.4. The number of carboxylic acid groups (broad SMARTS) is 2. The highest BCUT2D eigenvalue weighted by molar-refractivity contribution is 5.96. The molecule has 0 aliphatic heterocycles. The predicted molar refractivity (Wildman–Crippen MR) is 172 cm³/mol. The summed E-state index contributed by atoms with van der Waals surface area (Å²) in [6, 6.07) is 15.9. The summed E-state index contributed by atoms with van der Waals surface area (Å²) in [4.78, 5) is 28.7. The number of nitrogens with one attached hydrogen (secondary N) is 2. The fraction of sp³-hybridized carbons (Fsp3) is 0.194. The molecule has 0 saturated heterocycles. The SMILES string of the molecule is Cc1nn(-c2ccc(-c3ccc(-c4nn(NNC(N)=NC5(C)C=C(C(=O)O)C=C(C(=O)O)C5)c(N)c4C)cc3)cc2)c(N)c1C. The first-order valence-corrected chi connectivity index (χ1v) is 13.9. The van der Waals surface area contributed by atoms with Crippen molar-refractivity contribution >= 4 is 29.5 Å². The fourth-order valence-corrected chi connectivity index (χ4v) is 5.10. The van der Waals surface area contributed by atoms with Crippen LogP contribution >= 0.6 is 0 Å². The number of nitrogens with two attached hydrogens (primary N) is 3.